The number of H-pyrrole nitrogens is 1. The number of aromatic amines is 1. The molecule has 2 aromatic rings. The average molecular weight is 248 g/mol. The lowest BCUT2D eigenvalue weighted by atomic mass is 10.3. The highest BCUT2D eigenvalue weighted by atomic mass is 16.4. The maximum Gasteiger partial charge on any atom is 0.328 e. The first-order valence-electron chi connectivity index (χ1n) is 4.96. The molecule has 0 aliphatic rings. The number of nitrogens with one attached hydrogen (secondary N) is 1. The number of para-hydroxylation sites is 1. The van der Waals surface area contributed by atoms with Crippen LogP contribution in [0.3, 0.4) is 0 Å². The van der Waals surface area contributed by atoms with Crippen molar-refractivity contribution in [3.8, 4) is 0 Å². The van der Waals surface area contributed by atoms with Gasteiger partial charge in [-0.1, -0.05) is 18.2 Å². The van der Waals surface area contributed by atoms with E-state index in [2.05, 4.69) is 4.98 Å². The zero-order valence-electron chi connectivity index (χ0n) is 9.33. The first-order valence-corrected chi connectivity index (χ1v) is 4.96. The summed E-state index contributed by atoms with van der Waals surface area (Å²) in [7, 11) is 0. The van der Waals surface area contributed by atoms with E-state index in [4.69, 9.17) is 15.9 Å². The van der Waals surface area contributed by atoms with E-state index < -0.39 is 11.9 Å². The summed E-state index contributed by atoms with van der Waals surface area (Å²) in [5.74, 6) is -1.79. The SMILES string of the molecule is Nc1cc2ccccc2[nH]1.O=C(O)/C=C\C(=O)O. The Morgan fingerprint density at radius 1 is 1.11 bits per heavy atom. The van der Waals surface area contributed by atoms with Crippen LogP contribution < -0.4 is 5.73 Å². The molecule has 6 heteroatoms. The average Bonchev–Trinajstić information content (AvgIpc) is 2.67. The molecular weight excluding hydrogens is 236 g/mol. The second kappa shape index (κ2) is 6.09. The maximum absolute atomic E-state index is 9.55. The van der Waals surface area contributed by atoms with E-state index in [1.54, 1.807) is 0 Å². The summed E-state index contributed by atoms with van der Waals surface area (Å²) in [6.45, 7) is 0. The zero-order valence-corrected chi connectivity index (χ0v) is 9.33. The third kappa shape index (κ3) is 4.40. The van der Waals surface area contributed by atoms with Gasteiger partial charge in [0, 0.05) is 23.1 Å². The molecule has 1 aromatic carbocycles. The van der Waals surface area contributed by atoms with E-state index in [0.29, 0.717) is 12.2 Å². The second-order valence-corrected chi connectivity index (χ2v) is 3.32. The Labute approximate surface area is 102 Å². The number of rotatable bonds is 2. The predicted molar refractivity (Wildman–Crippen MR) is 67.1 cm³/mol. The van der Waals surface area contributed by atoms with Gasteiger partial charge in [0.25, 0.3) is 0 Å². The van der Waals surface area contributed by atoms with Gasteiger partial charge in [0.05, 0.1) is 0 Å². The minimum Gasteiger partial charge on any atom is -0.478 e. The molecule has 0 atom stereocenters. The van der Waals surface area contributed by atoms with Crippen molar-refractivity contribution < 1.29 is 19.8 Å². The number of carboxylic acids is 2. The fourth-order valence-corrected chi connectivity index (χ4v) is 1.24. The van der Waals surface area contributed by atoms with Gasteiger partial charge < -0.3 is 20.9 Å². The van der Waals surface area contributed by atoms with Crippen molar-refractivity contribution in [2.75, 3.05) is 5.73 Å². The molecule has 0 amide bonds. The zero-order chi connectivity index (χ0) is 13.5. The van der Waals surface area contributed by atoms with E-state index in [9.17, 15) is 9.59 Å². The lowest BCUT2D eigenvalue weighted by Crippen LogP contribution is -1.91. The monoisotopic (exact) mass is 248 g/mol. The first-order chi connectivity index (χ1) is 8.49. The molecule has 0 aliphatic heterocycles. The van der Waals surface area contributed by atoms with Crippen LogP contribution in [0.15, 0.2) is 42.5 Å². The highest BCUT2D eigenvalue weighted by Crippen LogP contribution is 2.14. The summed E-state index contributed by atoms with van der Waals surface area (Å²) >= 11 is 0. The fourth-order valence-electron chi connectivity index (χ4n) is 1.24. The summed E-state index contributed by atoms with van der Waals surface area (Å²) in [4.78, 5) is 22.1. The summed E-state index contributed by atoms with van der Waals surface area (Å²) < 4.78 is 0. The van der Waals surface area contributed by atoms with E-state index in [1.165, 1.54) is 5.39 Å². The lowest BCUT2D eigenvalue weighted by Gasteiger charge is -1.83. The molecule has 0 unspecified atom stereocenters. The van der Waals surface area contributed by atoms with Crippen molar-refractivity contribution in [3.63, 3.8) is 0 Å². The molecule has 0 saturated heterocycles. The molecular formula is C12H12N2O4. The smallest absolute Gasteiger partial charge is 0.328 e. The molecule has 0 radical (unpaired) electrons. The highest BCUT2D eigenvalue weighted by molar-refractivity contribution is 5.89. The summed E-state index contributed by atoms with van der Waals surface area (Å²) in [6.07, 6.45) is 1.12. The number of nitrogens with two attached hydrogens (primary N) is 1. The maximum atomic E-state index is 9.55. The van der Waals surface area contributed by atoms with Crippen molar-refractivity contribution in [3.05, 3.63) is 42.5 Å². The summed E-state index contributed by atoms with van der Waals surface area (Å²) in [6, 6.07) is 9.94. The van der Waals surface area contributed by atoms with E-state index in [0.717, 1.165) is 11.3 Å². The Morgan fingerprint density at radius 3 is 2.17 bits per heavy atom. The Kier molecular flexibility index (Phi) is 4.50. The third-order valence-electron chi connectivity index (χ3n) is 1.92. The molecule has 94 valence electrons. The van der Waals surface area contributed by atoms with Gasteiger partial charge in [-0.3, -0.25) is 0 Å². The van der Waals surface area contributed by atoms with E-state index in [1.807, 2.05) is 30.3 Å². The highest BCUT2D eigenvalue weighted by Gasteiger charge is 1.92. The van der Waals surface area contributed by atoms with Crippen LogP contribution in [0, 0.1) is 0 Å². The molecule has 1 aromatic heterocycles. The molecule has 5 N–H and O–H groups in total. The summed E-state index contributed by atoms with van der Waals surface area (Å²) in [5.41, 5.74) is 6.63. The van der Waals surface area contributed by atoms with Crippen molar-refractivity contribution in [1.29, 1.82) is 0 Å². The minimum absolute atomic E-state index is 0.558. The number of carbonyl (C=O) groups is 2. The fraction of sp³-hybridized carbons (Fsp3) is 0. The molecule has 0 spiro atoms. The number of nitrogen functional groups attached to an aromatic ring is 1. The Hall–Kier alpha value is -2.76. The van der Waals surface area contributed by atoms with Gasteiger partial charge in [-0.05, 0) is 12.1 Å². The number of hydrogen-bond donors (Lipinski definition) is 4. The van der Waals surface area contributed by atoms with Crippen LogP contribution in [-0.4, -0.2) is 27.1 Å². The van der Waals surface area contributed by atoms with Gasteiger partial charge in [-0.25, -0.2) is 9.59 Å². The Balaban J connectivity index is 0.000000187. The van der Waals surface area contributed by atoms with Gasteiger partial charge in [0.1, 0.15) is 5.82 Å². The van der Waals surface area contributed by atoms with Crippen LogP contribution in [0.25, 0.3) is 10.9 Å². The first kappa shape index (κ1) is 13.3. The normalized spacial score (nSPS) is 10.0. The van der Waals surface area contributed by atoms with Crippen molar-refractivity contribution in [2.24, 2.45) is 0 Å². The van der Waals surface area contributed by atoms with Crippen molar-refractivity contribution in [1.82, 2.24) is 4.98 Å². The third-order valence-corrected chi connectivity index (χ3v) is 1.92. The van der Waals surface area contributed by atoms with Crippen LogP contribution in [-0.2, 0) is 9.59 Å². The largest absolute Gasteiger partial charge is 0.478 e. The van der Waals surface area contributed by atoms with Crippen LogP contribution in [0.1, 0.15) is 0 Å². The molecule has 6 nitrogen and oxygen atoms in total. The Morgan fingerprint density at radius 2 is 1.67 bits per heavy atom. The van der Waals surface area contributed by atoms with Crippen molar-refractivity contribution in [2.45, 2.75) is 0 Å². The van der Waals surface area contributed by atoms with Gasteiger partial charge in [0.15, 0.2) is 0 Å². The topological polar surface area (TPSA) is 116 Å². The number of aliphatic carboxylic acids is 2. The van der Waals surface area contributed by atoms with Crippen LogP contribution in [0.2, 0.25) is 0 Å². The van der Waals surface area contributed by atoms with Gasteiger partial charge in [0.2, 0.25) is 0 Å². The van der Waals surface area contributed by atoms with Crippen LogP contribution >= 0.6 is 0 Å². The van der Waals surface area contributed by atoms with Crippen molar-refractivity contribution >= 4 is 28.7 Å². The number of fused-ring (bicyclic) bond motifs is 1. The number of aromatic nitrogens is 1. The summed E-state index contributed by atoms with van der Waals surface area (Å²) in [5, 5.41) is 16.8. The van der Waals surface area contributed by atoms with Gasteiger partial charge >= 0.3 is 11.9 Å². The molecule has 0 bridgehead atoms. The van der Waals surface area contributed by atoms with Crippen LogP contribution in [0.4, 0.5) is 5.82 Å². The van der Waals surface area contributed by atoms with E-state index in [-0.39, 0.29) is 0 Å². The molecule has 0 saturated carbocycles. The molecule has 1 heterocycles. The number of hydrogen-bond acceptors (Lipinski definition) is 3. The Bertz CT molecular complexity index is 538. The molecule has 18 heavy (non-hydrogen) atoms. The molecule has 0 aliphatic carbocycles. The number of carboxylic acid groups (broad SMARTS) is 2. The number of anilines is 1. The molecule has 0 fully saturated rings. The predicted octanol–water partition coefficient (Wildman–Crippen LogP) is 1.46. The standard InChI is InChI=1S/C8H8N2.C4H4O4/c9-8-5-6-3-1-2-4-7(6)10-8;5-3(6)1-2-4(7)8/h1-5,10H,9H2;1-2H,(H,5,6)(H,7,8)/b;2-1-. The van der Waals surface area contributed by atoms with Gasteiger partial charge in [-0.2, -0.15) is 0 Å². The van der Waals surface area contributed by atoms with Gasteiger partial charge in [-0.15, -0.1) is 0 Å². The minimum atomic E-state index is -1.26. The number of benzene rings is 1. The second-order valence-electron chi connectivity index (χ2n) is 3.32. The molecule has 2 rings (SSSR count). The van der Waals surface area contributed by atoms with Crippen LogP contribution in [0.5, 0.6) is 0 Å². The quantitative estimate of drug-likeness (QED) is 0.600. The lowest BCUT2D eigenvalue weighted by molar-refractivity contribution is -0.134. The van der Waals surface area contributed by atoms with E-state index >= 15 is 0 Å².